The number of nitrogens with zero attached hydrogens (tertiary/aromatic N) is 1. The lowest BCUT2D eigenvalue weighted by molar-refractivity contribution is -0.129. The Morgan fingerprint density at radius 2 is 1.91 bits per heavy atom. The van der Waals surface area contributed by atoms with Gasteiger partial charge in [0.05, 0.1) is 11.1 Å². The second-order valence-corrected chi connectivity index (χ2v) is 5.25. The van der Waals surface area contributed by atoms with Crippen molar-refractivity contribution in [3.8, 4) is 0 Å². The summed E-state index contributed by atoms with van der Waals surface area (Å²) in [6, 6.07) is 3.06. The van der Waals surface area contributed by atoms with E-state index in [2.05, 4.69) is 5.32 Å². The van der Waals surface area contributed by atoms with Crippen LogP contribution < -0.4 is 5.32 Å². The minimum absolute atomic E-state index is 0.0000745. The zero-order valence-electron chi connectivity index (χ0n) is 12.1. The Kier molecular flexibility index (Phi) is 4.75. The normalized spacial score (nSPS) is 15.5. The maximum Gasteiger partial charge on any atom is 0.335 e. The minimum Gasteiger partial charge on any atom is -0.478 e. The number of carbonyl (C=O) groups excluding carboxylic acids is 2. The number of aromatic carboxylic acids is 1. The van der Waals surface area contributed by atoms with Crippen molar-refractivity contribution in [2.45, 2.75) is 25.8 Å². The molecule has 118 valence electrons. The first-order valence-electron chi connectivity index (χ1n) is 6.97. The van der Waals surface area contributed by atoms with Crippen molar-refractivity contribution in [3.05, 3.63) is 35.1 Å². The SMILES string of the molecule is CC(=O)N1CCC(NC(=O)c2ccc(C(=O)O)cc2F)CC1. The monoisotopic (exact) mass is 308 g/mol. The molecule has 0 aliphatic carbocycles. The second-order valence-electron chi connectivity index (χ2n) is 5.25. The lowest BCUT2D eigenvalue weighted by Crippen LogP contribution is -2.46. The van der Waals surface area contributed by atoms with Crippen LogP contribution in [0.5, 0.6) is 0 Å². The van der Waals surface area contributed by atoms with Crippen LogP contribution in [0.15, 0.2) is 18.2 Å². The molecule has 0 saturated carbocycles. The van der Waals surface area contributed by atoms with E-state index in [-0.39, 0.29) is 23.1 Å². The quantitative estimate of drug-likeness (QED) is 0.880. The molecule has 1 aromatic carbocycles. The molecule has 6 nitrogen and oxygen atoms in total. The van der Waals surface area contributed by atoms with Crippen LogP contribution in [-0.4, -0.2) is 46.9 Å². The van der Waals surface area contributed by atoms with E-state index >= 15 is 0 Å². The predicted molar refractivity (Wildman–Crippen MR) is 76.1 cm³/mol. The molecule has 0 bridgehead atoms. The summed E-state index contributed by atoms with van der Waals surface area (Å²) in [6.45, 7) is 2.61. The summed E-state index contributed by atoms with van der Waals surface area (Å²) in [5, 5.41) is 11.5. The van der Waals surface area contributed by atoms with Gasteiger partial charge in [-0.25, -0.2) is 9.18 Å². The standard InChI is InChI=1S/C15H17FN2O4/c1-9(19)18-6-4-11(5-7-18)17-14(20)12-3-2-10(15(21)22)8-13(12)16/h2-3,8,11H,4-7H2,1H3,(H,17,20)(H,21,22). The van der Waals surface area contributed by atoms with Crippen molar-refractivity contribution in [3.63, 3.8) is 0 Å². The summed E-state index contributed by atoms with van der Waals surface area (Å²) < 4.78 is 13.8. The highest BCUT2D eigenvalue weighted by atomic mass is 19.1. The third kappa shape index (κ3) is 3.60. The van der Waals surface area contributed by atoms with Gasteiger partial charge in [0, 0.05) is 26.1 Å². The van der Waals surface area contributed by atoms with E-state index < -0.39 is 17.7 Å². The fourth-order valence-corrected chi connectivity index (χ4v) is 2.43. The maximum absolute atomic E-state index is 13.8. The summed E-state index contributed by atoms with van der Waals surface area (Å²) in [7, 11) is 0. The number of carboxylic acid groups (broad SMARTS) is 1. The number of rotatable bonds is 3. The highest BCUT2D eigenvalue weighted by Gasteiger charge is 2.23. The van der Waals surface area contributed by atoms with Gasteiger partial charge in [0.25, 0.3) is 5.91 Å². The fourth-order valence-electron chi connectivity index (χ4n) is 2.43. The number of carbonyl (C=O) groups is 3. The van der Waals surface area contributed by atoms with E-state index in [1.165, 1.54) is 19.1 Å². The molecular formula is C15H17FN2O4. The van der Waals surface area contributed by atoms with Crippen LogP contribution in [-0.2, 0) is 4.79 Å². The first-order chi connectivity index (χ1) is 10.4. The van der Waals surface area contributed by atoms with Crippen LogP contribution in [0.25, 0.3) is 0 Å². The summed E-state index contributed by atoms with van der Waals surface area (Å²) in [6.07, 6.45) is 1.22. The van der Waals surface area contributed by atoms with Gasteiger partial charge in [-0.1, -0.05) is 0 Å². The first-order valence-corrected chi connectivity index (χ1v) is 6.97. The van der Waals surface area contributed by atoms with Gasteiger partial charge in [-0.2, -0.15) is 0 Å². The predicted octanol–water partition coefficient (Wildman–Crippen LogP) is 1.26. The molecule has 2 rings (SSSR count). The molecule has 0 aromatic heterocycles. The molecule has 1 aliphatic heterocycles. The van der Waals surface area contributed by atoms with E-state index in [0.29, 0.717) is 25.9 Å². The Bertz CT molecular complexity index is 610. The third-order valence-corrected chi connectivity index (χ3v) is 3.74. The smallest absolute Gasteiger partial charge is 0.335 e. The zero-order chi connectivity index (χ0) is 16.3. The molecule has 1 heterocycles. The zero-order valence-corrected chi connectivity index (χ0v) is 12.1. The largest absolute Gasteiger partial charge is 0.478 e. The van der Waals surface area contributed by atoms with Crippen LogP contribution in [0.2, 0.25) is 0 Å². The van der Waals surface area contributed by atoms with E-state index in [1.54, 1.807) is 4.90 Å². The van der Waals surface area contributed by atoms with Gasteiger partial charge < -0.3 is 15.3 Å². The average Bonchev–Trinajstić information content (AvgIpc) is 2.47. The van der Waals surface area contributed by atoms with Crippen molar-refractivity contribution in [1.29, 1.82) is 0 Å². The summed E-state index contributed by atoms with van der Waals surface area (Å²) in [5.41, 5.74) is -0.386. The average molecular weight is 308 g/mol. The van der Waals surface area contributed by atoms with E-state index in [4.69, 9.17) is 5.11 Å². The fraction of sp³-hybridized carbons (Fsp3) is 0.400. The van der Waals surface area contributed by atoms with Gasteiger partial charge in [-0.3, -0.25) is 9.59 Å². The van der Waals surface area contributed by atoms with Gasteiger partial charge in [0.15, 0.2) is 0 Å². The molecule has 1 aromatic rings. The molecular weight excluding hydrogens is 291 g/mol. The maximum atomic E-state index is 13.8. The van der Waals surface area contributed by atoms with Crippen molar-refractivity contribution in [2.24, 2.45) is 0 Å². The summed E-state index contributed by atoms with van der Waals surface area (Å²) in [4.78, 5) is 35.7. The van der Waals surface area contributed by atoms with Gasteiger partial charge in [-0.15, -0.1) is 0 Å². The molecule has 1 saturated heterocycles. The van der Waals surface area contributed by atoms with E-state index in [9.17, 15) is 18.8 Å². The molecule has 1 aliphatic rings. The van der Waals surface area contributed by atoms with Crippen LogP contribution >= 0.6 is 0 Å². The molecule has 0 radical (unpaired) electrons. The van der Waals surface area contributed by atoms with Crippen LogP contribution in [0.4, 0.5) is 4.39 Å². The number of benzene rings is 1. The second kappa shape index (κ2) is 6.55. The molecule has 0 spiro atoms. The third-order valence-electron chi connectivity index (χ3n) is 3.74. The molecule has 2 amide bonds. The van der Waals surface area contributed by atoms with Crippen LogP contribution in [0.1, 0.15) is 40.5 Å². The molecule has 22 heavy (non-hydrogen) atoms. The number of halogens is 1. The molecule has 0 unspecified atom stereocenters. The lowest BCUT2D eigenvalue weighted by atomic mass is 10.0. The molecule has 2 N–H and O–H groups in total. The van der Waals surface area contributed by atoms with Gasteiger partial charge >= 0.3 is 5.97 Å². The van der Waals surface area contributed by atoms with Crippen molar-refractivity contribution in [1.82, 2.24) is 10.2 Å². The van der Waals surface area contributed by atoms with Gasteiger partial charge in [-0.05, 0) is 31.0 Å². The van der Waals surface area contributed by atoms with Crippen molar-refractivity contribution < 1.29 is 23.9 Å². The Hall–Kier alpha value is -2.44. The van der Waals surface area contributed by atoms with Gasteiger partial charge in [0.2, 0.25) is 5.91 Å². The number of likely N-dealkylation sites (tertiary alicyclic amines) is 1. The first kappa shape index (κ1) is 15.9. The topological polar surface area (TPSA) is 86.7 Å². The Labute approximate surface area is 126 Å². The number of piperidine rings is 1. The Morgan fingerprint density at radius 1 is 1.27 bits per heavy atom. The summed E-state index contributed by atoms with van der Waals surface area (Å²) >= 11 is 0. The number of hydrogen-bond acceptors (Lipinski definition) is 3. The number of nitrogens with one attached hydrogen (secondary N) is 1. The number of hydrogen-bond donors (Lipinski definition) is 2. The molecule has 0 atom stereocenters. The lowest BCUT2D eigenvalue weighted by Gasteiger charge is -2.31. The minimum atomic E-state index is -1.25. The molecule has 1 fully saturated rings. The Morgan fingerprint density at radius 3 is 2.41 bits per heavy atom. The van der Waals surface area contributed by atoms with Crippen molar-refractivity contribution in [2.75, 3.05) is 13.1 Å². The highest BCUT2D eigenvalue weighted by molar-refractivity contribution is 5.96. The van der Waals surface area contributed by atoms with Crippen LogP contribution in [0, 0.1) is 5.82 Å². The Balaban J connectivity index is 1.98. The van der Waals surface area contributed by atoms with E-state index in [1.807, 2.05) is 0 Å². The summed E-state index contributed by atoms with van der Waals surface area (Å²) in [5.74, 6) is -2.68. The highest BCUT2D eigenvalue weighted by Crippen LogP contribution is 2.14. The van der Waals surface area contributed by atoms with Crippen LogP contribution in [0.3, 0.4) is 0 Å². The van der Waals surface area contributed by atoms with Crippen molar-refractivity contribution >= 4 is 17.8 Å². The van der Waals surface area contributed by atoms with Gasteiger partial charge in [0.1, 0.15) is 5.82 Å². The van der Waals surface area contributed by atoms with E-state index in [0.717, 1.165) is 6.07 Å². The molecule has 7 heteroatoms. The number of carboxylic acids is 1. The number of amides is 2.